The molecule has 2 heterocycles. The monoisotopic (exact) mass is 629 g/mol. The fourth-order valence-electron chi connectivity index (χ4n) is 7.83. The number of allylic oxidation sites excluding steroid dienone is 2. The molecule has 4 atom stereocenters. The van der Waals surface area contributed by atoms with Gasteiger partial charge >= 0.3 is 0 Å². The largest absolute Gasteiger partial charge is 0.368 e. The summed E-state index contributed by atoms with van der Waals surface area (Å²) in [7, 11) is 0. The van der Waals surface area contributed by atoms with Crippen LogP contribution in [0.25, 0.3) is 0 Å². The van der Waals surface area contributed by atoms with Gasteiger partial charge in [-0.3, -0.25) is 9.59 Å². The molecule has 0 aromatic heterocycles. The fraction of sp³-hybridized carbons (Fsp3) is 0.514. The van der Waals surface area contributed by atoms with Crippen molar-refractivity contribution < 1.29 is 9.59 Å². The highest BCUT2D eigenvalue weighted by Gasteiger charge is 2.35. The molecular formula is C37H48ClN5O2. The molecule has 2 fully saturated rings. The third kappa shape index (κ3) is 7.32. The number of rotatable bonds is 9. The highest BCUT2D eigenvalue weighted by atomic mass is 35.5. The molecule has 1 unspecified atom stereocenters. The van der Waals surface area contributed by atoms with Crippen molar-refractivity contribution in [3.8, 4) is 0 Å². The normalized spacial score (nSPS) is 23.9. The van der Waals surface area contributed by atoms with Crippen molar-refractivity contribution >= 4 is 23.4 Å². The summed E-state index contributed by atoms with van der Waals surface area (Å²) in [5.41, 5.74) is 6.40. The molecule has 45 heavy (non-hydrogen) atoms. The first kappa shape index (κ1) is 31.8. The third-order valence-corrected chi connectivity index (χ3v) is 10.7. The first-order chi connectivity index (χ1) is 21.9. The van der Waals surface area contributed by atoms with E-state index < -0.39 is 6.04 Å². The topological polar surface area (TPSA) is 67.9 Å². The molecule has 2 N–H and O–H groups in total. The lowest BCUT2D eigenvalue weighted by Crippen LogP contribution is -2.58. The van der Waals surface area contributed by atoms with Crippen molar-refractivity contribution in [3.05, 3.63) is 93.7 Å². The molecule has 2 aliphatic carbocycles. The van der Waals surface area contributed by atoms with Crippen molar-refractivity contribution in [3.63, 3.8) is 0 Å². The Kier molecular flexibility index (Phi) is 10.3. The van der Waals surface area contributed by atoms with Gasteiger partial charge in [0.1, 0.15) is 6.04 Å². The van der Waals surface area contributed by atoms with Gasteiger partial charge in [0.25, 0.3) is 0 Å². The van der Waals surface area contributed by atoms with Crippen molar-refractivity contribution in [1.29, 1.82) is 0 Å². The zero-order valence-corrected chi connectivity index (χ0v) is 27.6. The number of fused-ring (bicyclic) bond motifs is 2. The SMILES string of the molecule is CCN(CC)[C@@H]1CCC2CC=CC(N3CCN(C(=O)[C@@H](Cc4ccc(Cl)cc4)NC(=O)[C@H]4Cc5ccccc5CN4)CC3)=C2C1. The van der Waals surface area contributed by atoms with Crippen LogP contribution < -0.4 is 10.6 Å². The van der Waals surface area contributed by atoms with Gasteiger partial charge in [-0.05, 0) is 91.6 Å². The van der Waals surface area contributed by atoms with Crippen LogP contribution in [0.2, 0.25) is 5.02 Å². The van der Waals surface area contributed by atoms with E-state index in [0.717, 1.165) is 44.6 Å². The van der Waals surface area contributed by atoms with Crippen LogP contribution in [-0.4, -0.2) is 83.9 Å². The Morgan fingerprint density at radius 3 is 2.44 bits per heavy atom. The number of nitrogens with one attached hydrogen (secondary N) is 2. The fourth-order valence-corrected chi connectivity index (χ4v) is 7.96. The zero-order chi connectivity index (χ0) is 31.3. The second-order valence-electron chi connectivity index (χ2n) is 13.0. The number of halogens is 1. The van der Waals surface area contributed by atoms with Crippen molar-refractivity contribution in [1.82, 2.24) is 25.3 Å². The third-order valence-electron chi connectivity index (χ3n) is 10.4. The van der Waals surface area contributed by atoms with Crippen LogP contribution in [0.15, 0.2) is 72.0 Å². The number of amides is 2. The zero-order valence-electron chi connectivity index (χ0n) is 26.8. The smallest absolute Gasteiger partial charge is 0.245 e. The maximum absolute atomic E-state index is 14.1. The number of piperazine rings is 1. The van der Waals surface area contributed by atoms with Crippen LogP contribution in [0.5, 0.6) is 0 Å². The Morgan fingerprint density at radius 2 is 1.71 bits per heavy atom. The van der Waals surface area contributed by atoms with Crippen LogP contribution in [0.1, 0.15) is 56.2 Å². The summed E-state index contributed by atoms with van der Waals surface area (Å²) < 4.78 is 0. The van der Waals surface area contributed by atoms with Crippen LogP contribution in [0.3, 0.4) is 0 Å². The Hall–Kier alpha value is -3.13. The number of carbonyl (C=O) groups excluding carboxylic acids is 2. The maximum Gasteiger partial charge on any atom is 0.245 e. The van der Waals surface area contributed by atoms with E-state index in [4.69, 9.17) is 11.6 Å². The summed E-state index contributed by atoms with van der Waals surface area (Å²) in [6.45, 7) is 10.3. The molecule has 2 aromatic carbocycles. The average molecular weight is 630 g/mol. The van der Waals surface area contributed by atoms with Gasteiger partial charge in [0.15, 0.2) is 0 Å². The van der Waals surface area contributed by atoms with E-state index >= 15 is 0 Å². The van der Waals surface area contributed by atoms with E-state index in [1.165, 1.54) is 29.7 Å². The number of hydrogen-bond acceptors (Lipinski definition) is 5. The second-order valence-corrected chi connectivity index (χ2v) is 13.4. The highest BCUT2D eigenvalue weighted by Crippen LogP contribution is 2.40. The summed E-state index contributed by atoms with van der Waals surface area (Å²) in [6.07, 6.45) is 10.6. The standard InChI is InChI=1S/C37H48ClN5O2/c1-3-41(4-2)31-17-14-27-10-7-11-35(32(27)24-31)42-18-20-43(21-19-42)37(45)34(22-26-12-15-30(38)16-13-26)40-36(44)33-23-28-8-5-6-9-29(28)25-39-33/h5-9,11-13,15-16,27,31,33-34,39H,3-4,10,14,17-25H2,1-2H3,(H,40,44)/t27?,31-,33-,34-/m1/s1. The molecular weight excluding hydrogens is 582 g/mol. The number of nitrogens with zero attached hydrogens (tertiary/aromatic N) is 3. The minimum Gasteiger partial charge on any atom is -0.368 e. The van der Waals surface area contributed by atoms with Crippen molar-refractivity contribution in [2.24, 2.45) is 5.92 Å². The Morgan fingerprint density at radius 1 is 0.978 bits per heavy atom. The molecule has 240 valence electrons. The minimum atomic E-state index is -0.640. The van der Waals surface area contributed by atoms with Crippen LogP contribution in [0.4, 0.5) is 0 Å². The van der Waals surface area contributed by atoms with Crippen LogP contribution in [0, 0.1) is 5.92 Å². The molecule has 7 nitrogen and oxygen atoms in total. The quantitative estimate of drug-likeness (QED) is 0.411. The molecule has 0 spiro atoms. The Bertz CT molecular complexity index is 1410. The summed E-state index contributed by atoms with van der Waals surface area (Å²) in [6, 6.07) is 15.4. The van der Waals surface area contributed by atoms with E-state index in [2.05, 4.69) is 58.6 Å². The number of benzene rings is 2. The van der Waals surface area contributed by atoms with Gasteiger partial charge in [-0.25, -0.2) is 0 Å². The highest BCUT2D eigenvalue weighted by molar-refractivity contribution is 6.30. The summed E-state index contributed by atoms with van der Waals surface area (Å²) in [5.74, 6) is 0.514. The first-order valence-electron chi connectivity index (χ1n) is 17.0. The van der Waals surface area contributed by atoms with Crippen LogP contribution >= 0.6 is 11.6 Å². The predicted octanol–water partition coefficient (Wildman–Crippen LogP) is 4.95. The van der Waals surface area contributed by atoms with E-state index in [1.807, 2.05) is 41.3 Å². The van der Waals surface area contributed by atoms with Gasteiger partial charge in [-0.15, -0.1) is 0 Å². The van der Waals surface area contributed by atoms with Gasteiger partial charge in [0, 0.05) is 55.9 Å². The predicted molar refractivity (Wildman–Crippen MR) is 181 cm³/mol. The molecule has 2 aromatic rings. The van der Waals surface area contributed by atoms with E-state index in [1.54, 1.807) is 5.57 Å². The number of hydrogen-bond donors (Lipinski definition) is 2. The molecule has 1 saturated carbocycles. The maximum atomic E-state index is 14.1. The Balaban J connectivity index is 1.13. The molecule has 0 bridgehead atoms. The lowest BCUT2D eigenvalue weighted by molar-refractivity contribution is -0.138. The first-order valence-corrected chi connectivity index (χ1v) is 17.3. The summed E-state index contributed by atoms with van der Waals surface area (Å²) in [4.78, 5) is 34.7. The van der Waals surface area contributed by atoms with E-state index in [-0.39, 0.29) is 17.9 Å². The summed E-state index contributed by atoms with van der Waals surface area (Å²) >= 11 is 6.15. The lowest BCUT2D eigenvalue weighted by atomic mass is 9.76. The van der Waals surface area contributed by atoms with Gasteiger partial charge in [0.2, 0.25) is 11.8 Å². The van der Waals surface area contributed by atoms with E-state index in [9.17, 15) is 9.59 Å². The molecule has 6 rings (SSSR count). The average Bonchev–Trinajstić information content (AvgIpc) is 3.08. The lowest BCUT2D eigenvalue weighted by Gasteiger charge is -2.43. The molecule has 2 amide bonds. The second kappa shape index (κ2) is 14.5. The number of carbonyl (C=O) groups is 2. The van der Waals surface area contributed by atoms with Gasteiger partial charge in [-0.1, -0.05) is 67.9 Å². The molecule has 2 aliphatic heterocycles. The molecule has 8 heteroatoms. The molecule has 1 saturated heterocycles. The van der Waals surface area contributed by atoms with Crippen molar-refractivity contribution in [2.75, 3.05) is 39.3 Å². The van der Waals surface area contributed by atoms with Gasteiger partial charge < -0.3 is 25.3 Å². The molecule has 4 aliphatic rings. The van der Waals surface area contributed by atoms with E-state index in [0.29, 0.717) is 49.5 Å². The van der Waals surface area contributed by atoms with Crippen LogP contribution in [-0.2, 0) is 29.0 Å². The van der Waals surface area contributed by atoms with Gasteiger partial charge in [0.05, 0.1) is 6.04 Å². The van der Waals surface area contributed by atoms with Crippen molar-refractivity contribution in [2.45, 2.75) is 77.0 Å². The van der Waals surface area contributed by atoms with Gasteiger partial charge in [-0.2, -0.15) is 0 Å². The summed E-state index contributed by atoms with van der Waals surface area (Å²) in [5, 5.41) is 7.18. The molecule has 0 radical (unpaired) electrons. The Labute approximate surface area is 273 Å². The minimum absolute atomic E-state index is 0.0110.